The zero-order valence-corrected chi connectivity index (χ0v) is 14.4. The van der Waals surface area contributed by atoms with Crippen LogP contribution in [0.15, 0.2) is 36.4 Å². The molecule has 0 saturated heterocycles. The normalized spacial score (nSPS) is 12.4. The molecule has 0 saturated carbocycles. The van der Waals surface area contributed by atoms with E-state index in [1.54, 1.807) is 0 Å². The van der Waals surface area contributed by atoms with E-state index < -0.39 is 0 Å². The Labute approximate surface area is 135 Å². The number of nitrogens with zero attached hydrogens (tertiary/aromatic N) is 1. The molecule has 1 aromatic rings. The van der Waals surface area contributed by atoms with Crippen molar-refractivity contribution in [2.24, 2.45) is 0 Å². The van der Waals surface area contributed by atoms with Gasteiger partial charge in [-0.1, -0.05) is 31.2 Å². The monoisotopic (exact) mass is 302 g/mol. The third kappa shape index (κ3) is 4.90. The average molecular weight is 302 g/mol. The van der Waals surface area contributed by atoms with Gasteiger partial charge in [-0.25, -0.2) is 0 Å². The number of unbranched alkanes of at least 4 members (excludes halogenated alkanes) is 1. The minimum absolute atomic E-state index is 0.130. The van der Waals surface area contributed by atoms with Crippen LogP contribution in [0.4, 0.5) is 5.69 Å². The smallest absolute Gasteiger partial charge is 0.256 e. The molecule has 0 aliphatic rings. The van der Waals surface area contributed by atoms with E-state index in [0.29, 0.717) is 6.04 Å². The zero-order valence-electron chi connectivity index (χ0n) is 14.4. The predicted octanol–water partition coefficient (Wildman–Crippen LogP) is 4.72. The molecule has 0 heterocycles. The molecule has 1 amide bonds. The van der Waals surface area contributed by atoms with E-state index in [1.165, 1.54) is 0 Å². The highest BCUT2D eigenvalue weighted by Crippen LogP contribution is 2.21. The standard InChI is InChI=1S/C19H30N2O/c1-5-8-9-10-13-16(6-2)21(7-3)19(22)17-14-11-12-15-18(17)20-4/h5,8,11-12,14-16,20H,6-7,9-10,13H2,1-4H3. The molecule has 3 heteroatoms. The fourth-order valence-electron chi connectivity index (χ4n) is 2.83. The fourth-order valence-corrected chi connectivity index (χ4v) is 2.83. The van der Waals surface area contributed by atoms with Gasteiger partial charge in [-0.05, 0) is 51.7 Å². The van der Waals surface area contributed by atoms with E-state index in [0.717, 1.165) is 43.5 Å². The summed E-state index contributed by atoms with van der Waals surface area (Å²) in [7, 11) is 1.86. The van der Waals surface area contributed by atoms with E-state index in [2.05, 4.69) is 31.3 Å². The Hall–Kier alpha value is -1.77. The van der Waals surface area contributed by atoms with Crippen LogP contribution in [-0.2, 0) is 0 Å². The summed E-state index contributed by atoms with van der Waals surface area (Å²) in [6.07, 6.45) is 8.55. The Balaban J connectivity index is 2.85. The molecule has 1 N–H and O–H groups in total. The minimum atomic E-state index is 0.130. The van der Waals surface area contributed by atoms with Crippen molar-refractivity contribution >= 4 is 11.6 Å². The summed E-state index contributed by atoms with van der Waals surface area (Å²) in [4.78, 5) is 14.9. The maximum Gasteiger partial charge on any atom is 0.256 e. The third-order valence-corrected chi connectivity index (χ3v) is 4.08. The average Bonchev–Trinajstić information content (AvgIpc) is 2.57. The second-order valence-corrected chi connectivity index (χ2v) is 5.45. The van der Waals surface area contributed by atoms with E-state index in [9.17, 15) is 4.79 Å². The van der Waals surface area contributed by atoms with Gasteiger partial charge in [0.2, 0.25) is 0 Å². The van der Waals surface area contributed by atoms with Crippen molar-refractivity contribution < 1.29 is 4.79 Å². The number of carbonyl (C=O) groups excluding carboxylic acids is 1. The van der Waals surface area contributed by atoms with Gasteiger partial charge in [-0.15, -0.1) is 0 Å². The number of rotatable bonds is 9. The number of carbonyl (C=O) groups is 1. The zero-order chi connectivity index (χ0) is 16.4. The van der Waals surface area contributed by atoms with Crippen LogP contribution in [0.2, 0.25) is 0 Å². The van der Waals surface area contributed by atoms with E-state index in [-0.39, 0.29) is 5.91 Å². The van der Waals surface area contributed by atoms with Crippen LogP contribution in [0.1, 0.15) is 56.8 Å². The maximum atomic E-state index is 12.9. The van der Waals surface area contributed by atoms with Crippen LogP contribution in [0.3, 0.4) is 0 Å². The maximum absolute atomic E-state index is 12.9. The Bertz CT molecular complexity index is 482. The topological polar surface area (TPSA) is 32.3 Å². The Morgan fingerprint density at radius 3 is 2.64 bits per heavy atom. The molecule has 122 valence electrons. The van der Waals surface area contributed by atoms with Crippen molar-refractivity contribution in [3.05, 3.63) is 42.0 Å². The third-order valence-electron chi connectivity index (χ3n) is 4.08. The first-order valence-corrected chi connectivity index (χ1v) is 8.38. The van der Waals surface area contributed by atoms with Gasteiger partial charge in [0.05, 0.1) is 5.56 Å². The van der Waals surface area contributed by atoms with Gasteiger partial charge in [-0.2, -0.15) is 0 Å². The lowest BCUT2D eigenvalue weighted by atomic mass is 10.0. The minimum Gasteiger partial charge on any atom is -0.387 e. The van der Waals surface area contributed by atoms with Crippen LogP contribution in [0, 0.1) is 0 Å². The van der Waals surface area contributed by atoms with Crippen LogP contribution in [0.25, 0.3) is 0 Å². The second-order valence-electron chi connectivity index (χ2n) is 5.45. The largest absolute Gasteiger partial charge is 0.387 e. The Morgan fingerprint density at radius 1 is 1.32 bits per heavy atom. The van der Waals surface area contributed by atoms with Crippen molar-refractivity contribution in [1.29, 1.82) is 0 Å². The SMILES string of the molecule is CC=CCCCC(CC)N(CC)C(=O)c1ccccc1NC. The summed E-state index contributed by atoms with van der Waals surface area (Å²) in [5.74, 6) is 0.130. The molecule has 0 spiro atoms. The predicted molar refractivity (Wildman–Crippen MR) is 95.4 cm³/mol. The molecule has 0 bridgehead atoms. The molecule has 0 aromatic heterocycles. The van der Waals surface area contributed by atoms with Gasteiger partial charge >= 0.3 is 0 Å². The van der Waals surface area contributed by atoms with Gasteiger partial charge in [0, 0.05) is 25.3 Å². The second kappa shape index (κ2) is 10.0. The van der Waals surface area contributed by atoms with Crippen molar-refractivity contribution in [3.63, 3.8) is 0 Å². The quantitative estimate of drug-likeness (QED) is 0.529. The molecule has 1 rings (SSSR count). The van der Waals surface area contributed by atoms with Crippen LogP contribution in [0.5, 0.6) is 0 Å². The number of hydrogen-bond acceptors (Lipinski definition) is 2. The molecule has 0 aliphatic carbocycles. The summed E-state index contributed by atoms with van der Waals surface area (Å²) in [5.41, 5.74) is 1.66. The van der Waals surface area contributed by atoms with E-state index >= 15 is 0 Å². The van der Waals surface area contributed by atoms with Gasteiger partial charge < -0.3 is 10.2 Å². The van der Waals surface area contributed by atoms with Crippen molar-refractivity contribution in [3.8, 4) is 0 Å². The number of benzene rings is 1. The van der Waals surface area contributed by atoms with E-state index in [1.807, 2.05) is 43.1 Å². The first-order chi connectivity index (χ1) is 10.7. The Morgan fingerprint density at radius 2 is 2.05 bits per heavy atom. The summed E-state index contributed by atoms with van der Waals surface area (Å²) >= 11 is 0. The van der Waals surface area contributed by atoms with E-state index in [4.69, 9.17) is 0 Å². The number of allylic oxidation sites excluding steroid dienone is 2. The lowest BCUT2D eigenvalue weighted by molar-refractivity contribution is 0.0674. The number of amides is 1. The molecule has 0 radical (unpaired) electrons. The number of hydrogen-bond donors (Lipinski definition) is 1. The highest BCUT2D eigenvalue weighted by atomic mass is 16.2. The molecule has 1 aromatic carbocycles. The highest BCUT2D eigenvalue weighted by Gasteiger charge is 2.23. The number of anilines is 1. The lowest BCUT2D eigenvalue weighted by Crippen LogP contribution is -2.40. The first-order valence-electron chi connectivity index (χ1n) is 8.38. The summed E-state index contributed by atoms with van der Waals surface area (Å²) in [6.45, 7) is 7.03. The molecule has 0 fully saturated rings. The summed E-state index contributed by atoms with van der Waals surface area (Å²) in [6, 6.07) is 8.05. The van der Waals surface area contributed by atoms with Crippen molar-refractivity contribution in [2.45, 2.75) is 52.5 Å². The van der Waals surface area contributed by atoms with Gasteiger partial charge in [-0.3, -0.25) is 4.79 Å². The number of nitrogens with one attached hydrogen (secondary N) is 1. The molecule has 0 aliphatic heterocycles. The Kier molecular flexibility index (Phi) is 8.34. The fraction of sp³-hybridized carbons (Fsp3) is 0.526. The summed E-state index contributed by atoms with van der Waals surface area (Å²) in [5, 5.41) is 3.12. The van der Waals surface area contributed by atoms with Crippen LogP contribution < -0.4 is 5.32 Å². The molecular formula is C19H30N2O. The van der Waals surface area contributed by atoms with Gasteiger partial charge in [0.1, 0.15) is 0 Å². The molecule has 22 heavy (non-hydrogen) atoms. The molecule has 3 nitrogen and oxygen atoms in total. The van der Waals surface area contributed by atoms with Gasteiger partial charge in [0.25, 0.3) is 5.91 Å². The van der Waals surface area contributed by atoms with Crippen molar-refractivity contribution in [1.82, 2.24) is 4.90 Å². The molecule has 1 unspecified atom stereocenters. The van der Waals surface area contributed by atoms with Crippen LogP contribution in [-0.4, -0.2) is 30.4 Å². The lowest BCUT2D eigenvalue weighted by Gasteiger charge is -2.31. The summed E-state index contributed by atoms with van der Waals surface area (Å²) < 4.78 is 0. The number of para-hydroxylation sites is 1. The molecule has 1 atom stereocenters. The van der Waals surface area contributed by atoms with Crippen molar-refractivity contribution in [2.75, 3.05) is 18.9 Å². The van der Waals surface area contributed by atoms with Gasteiger partial charge in [0.15, 0.2) is 0 Å². The first kappa shape index (κ1) is 18.3. The van der Waals surface area contributed by atoms with Crippen LogP contribution >= 0.6 is 0 Å². The highest BCUT2D eigenvalue weighted by molar-refractivity contribution is 5.99. The molecular weight excluding hydrogens is 272 g/mol.